The fraction of sp³-hybridized carbons (Fsp3) is 0.692. The zero-order valence-electron chi connectivity index (χ0n) is 10.3. The van der Waals surface area contributed by atoms with E-state index < -0.39 is 0 Å². The third-order valence-electron chi connectivity index (χ3n) is 2.82. The van der Waals surface area contributed by atoms with Crippen molar-refractivity contribution in [2.24, 2.45) is 0 Å². The highest BCUT2D eigenvalue weighted by Crippen LogP contribution is 2.16. The van der Waals surface area contributed by atoms with Gasteiger partial charge in [-0.3, -0.25) is 0 Å². The van der Waals surface area contributed by atoms with E-state index in [9.17, 15) is 0 Å². The first-order chi connectivity index (χ1) is 7.09. The highest BCUT2D eigenvalue weighted by atomic mass is 16.7. The fourth-order valence-corrected chi connectivity index (χ4v) is 1.42. The molecule has 15 heavy (non-hydrogen) atoms. The lowest BCUT2D eigenvalue weighted by Crippen LogP contribution is -2.03. The number of hydrogen-bond donors (Lipinski definition) is 0. The first-order valence-electron chi connectivity index (χ1n) is 5.63. The van der Waals surface area contributed by atoms with Crippen LogP contribution in [0.15, 0.2) is 22.8 Å². The van der Waals surface area contributed by atoms with Gasteiger partial charge in [0.15, 0.2) is 6.29 Å². The van der Waals surface area contributed by atoms with Gasteiger partial charge in [-0.15, -0.1) is 0 Å². The van der Waals surface area contributed by atoms with Crippen LogP contribution in [0.1, 0.15) is 40.5 Å². The van der Waals surface area contributed by atoms with E-state index in [1.54, 1.807) is 0 Å². The molecule has 0 atom stereocenters. The third-order valence-corrected chi connectivity index (χ3v) is 2.82. The van der Waals surface area contributed by atoms with Crippen LogP contribution in [0, 0.1) is 0 Å². The molecule has 0 aliphatic carbocycles. The van der Waals surface area contributed by atoms with Gasteiger partial charge >= 0.3 is 0 Å². The fourth-order valence-electron chi connectivity index (χ4n) is 1.42. The summed E-state index contributed by atoms with van der Waals surface area (Å²) in [6.45, 7) is 10.1. The van der Waals surface area contributed by atoms with Gasteiger partial charge in [-0.1, -0.05) is 16.7 Å². The minimum absolute atomic E-state index is 0.1000. The molecule has 2 nitrogen and oxygen atoms in total. The summed E-state index contributed by atoms with van der Waals surface area (Å²) in [7, 11) is 0. The highest BCUT2D eigenvalue weighted by Gasteiger charge is 2.12. The van der Waals surface area contributed by atoms with Crippen LogP contribution in [0.5, 0.6) is 0 Å². The normalized spacial score (nSPS) is 18.3. The summed E-state index contributed by atoms with van der Waals surface area (Å²) in [5.41, 5.74) is 4.26. The molecule has 0 amide bonds. The lowest BCUT2D eigenvalue weighted by Gasteiger charge is -2.07. The van der Waals surface area contributed by atoms with Crippen molar-refractivity contribution in [1.29, 1.82) is 0 Å². The van der Waals surface area contributed by atoms with Crippen LogP contribution >= 0.6 is 0 Å². The zero-order chi connectivity index (χ0) is 11.3. The molecular formula is C13H22O2. The van der Waals surface area contributed by atoms with Gasteiger partial charge in [-0.2, -0.15) is 0 Å². The third kappa shape index (κ3) is 4.63. The van der Waals surface area contributed by atoms with Gasteiger partial charge in [-0.05, 0) is 46.6 Å². The Morgan fingerprint density at radius 3 is 2.20 bits per heavy atom. The van der Waals surface area contributed by atoms with Crippen LogP contribution in [0.4, 0.5) is 0 Å². The Bertz CT molecular complexity index is 254. The molecule has 0 N–H and O–H groups in total. The molecule has 1 rings (SSSR count). The molecule has 1 heterocycles. The number of allylic oxidation sites excluding steroid dienone is 3. The van der Waals surface area contributed by atoms with E-state index in [2.05, 4.69) is 33.8 Å². The molecule has 1 aliphatic heterocycles. The molecular weight excluding hydrogens is 188 g/mol. The lowest BCUT2D eigenvalue weighted by atomic mass is 10.0. The average molecular weight is 210 g/mol. The molecule has 0 aromatic carbocycles. The van der Waals surface area contributed by atoms with Crippen LogP contribution in [0.2, 0.25) is 0 Å². The zero-order valence-corrected chi connectivity index (χ0v) is 10.3. The predicted octanol–water partition coefficient (Wildman–Crippen LogP) is 3.44. The second-order valence-electron chi connectivity index (χ2n) is 4.40. The first kappa shape index (κ1) is 12.5. The largest absolute Gasteiger partial charge is 0.347 e. The van der Waals surface area contributed by atoms with Crippen molar-refractivity contribution in [3.63, 3.8) is 0 Å². The molecule has 0 radical (unpaired) electrons. The summed E-state index contributed by atoms with van der Waals surface area (Å²) in [6, 6.07) is 0. The summed E-state index contributed by atoms with van der Waals surface area (Å²) in [4.78, 5) is 0. The summed E-state index contributed by atoms with van der Waals surface area (Å²) < 4.78 is 10.7. The Kier molecular flexibility index (Phi) is 5.06. The minimum atomic E-state index is -0.1000. The maximum Gasteiger partial charge on any atom is 0.177 e. The number of hydrogen-bond acceptors (Lipinski definition) is 2. The molecule has 0 aromatic rings. The molecule has 1 aliphatic rings. The van der Waals surface area contributed by atoms with Crippen molar-refractivity contribution < 1.29 is 9.47 Å². The minimum Gasteiger partial charge on any atom is -0.347 e. The monoisotopic (exact) mass is 210 g/mol. The molecule has 0 saturated carbocycles. The van der Waals surface area contributed by atoms with E-state index in [4.69, 9.17) is 9.47 Å². The Morgan fingerprint density at radius 1 is 1.07 bits per heavy atom. The second-order valence-corrected chi connectivity index (χ2v) is 4.40. The molecule has 0 aromatic heterocycles. The van der Waals surface area contributed by atoms with E-state index >= 15 is 0 Å². The van der Waals surface area contributed by atoms with Gasteiger partial charge < -0.3 is 9.47 Å². The van der Waals surface area contributed by atoms with Gasteiger partial charge in [0, 0.05) is 0 Å². The van der Waals surface area contributed by atoms with Gasteiger partial charge in [0.1, 0.15) is 0 Å². The van der Waals surface area contributed by atoms with Gasteiger partial charge in [0.25, 0.3) is 0 Å². The number of ether oxygens (including phenoxy) is 2. The van der Waals surface area contributed by atoms with Gasteiger partial charge in [0.05, 0.1) is 13.2 Å². The maximum atomic E-state index is 5.37. The second kappa shape index (κ2) is 6.09. The SMILES string of the molecule is CC(=CC1OCCO1)CCC(C)=C(C)C. The maximum absolute atomic E-state index is 5.37. The van der Waals surface area contributed by atoms with Crippen molar-refractivity contribution >= 4 is 0 Å². The lowest BCUT2D eigenvalue weighted by molar-refractivity contribution is -0.00224. The molecule has 2 heteroatoms. The van der Waals surface area contributed by atoms with E-state index in [1.165, 1.54) is 16.7 Å². The van der Waals surface area contributed by atoms with E-state index in [0.717, 1.165) is 26.1 Å². The Labute approximate surface area is 93.0 Å². The van der Waals surface area contributed by atoms with Crippen LogP contribution in [-0.4, -0.2) is 19.5 Å². The summed E-state index contributed by atoms with van der Waals surface area (Å²) in [5, 5.41) is 0. The Morgan fingerprint density at radius 2 is 1.67 bits per heavy atom. The average Bonchev–Trinajstić information content (AvgIpc) is 2.66. The molecule has 1 fully saturated rings. The Hall–Kier alpha value is -0.600. The van der Waals surface area contributed by atoms with Gasteiger partial charge in [0.2, 0.25) is 0 Å². The smallest absolute Gasteiger partial charge is 0.177 e. The molecule has 0 bridgehead atoms. The predicted molar refractivity (Wildman–Crippen MR) is 62.7 cm³/mol. The van der Waals surface area contributed by atoms with E-state index in [-0.39, 0.29) is 6.29 Å². The highest BCUT2D eigenvalue weighted by molar-refractivity contribution is 5.10. The van der Waals surface area contributed by atoms with Gasteiger partial charge in [-0.25, -0.2) is 0 Å². The van der Waals surface area contributed by atoms with Crippen LogP contribution in [0.3, 0.4) is 0 Å². The number of rotatable bonds is 4. The van der Waals surface area contributed by atoms with E-state index in [0.29, 0.717) is 0 Å². The van der Waals surface area contributed by atoms with Crippen molar-refractivity contribution in [1.82, 2.24) is 0 Å². The molecule has 0 spiro atoms. The molecule has 0 unspecified atom stereocenters. The van der Waals surface area contributed by atoms with Crippen molar-refractivity contribution in [3.8, 4) is 0 Å². The van der Waals surface area contributed by atoms with Crippen LogP contribution in [0.25, 0.3) is 0 Å². The summed E-state index contributed by atoms with van der Waals surface area (Å²) >= 11 is 0. The van der Waals surface area contributed by atoms with Crippen molar-refractivity contribution in [3.05, 3.63) is 22.8 Å². The van der Waals surface area contributed by atoms with Crippen LogP contribution in [-0.2, 0) is 9.47 Å². The molecule has 86 valence electrons. The molecule has 1 saturated heterocycles. The van der Waals surface area contributed by atoms with E-state index in [1.807, 2.05) is 0 Å². The first-order valence-corrected chi connectivity index (χ1v) is 5.63. The Balaban J connectivity index is 2.34. The summed E-state index contributed by atoms with van der Waals surface area (Å²) in [5.74, 6) is 0. The van der Waals surface area contributed by atoms with Crippen molar-refractivity contribution in [2.75, 3.05) is 13.2 Å². The quantitative estimate of drug-likeness (QED) is 0.662. The van der Waals surface area contributed by atoms with Crippen LogP contribution < -0.4 is 0 Å². The standard InChI is InChI=1S/C13H22O2/c1-10(2)12(4)6-5-11(3)9-13-14-7-8-15-13/h9,13H,5-8H2,1-4H3. The summed E-state index contributed by atoms with van der Waals surface area (Å²) in [6.07, 6.45) is 4.22. The topological polar surface area (TPSA) is 18.5 Å². The van der Waals surface area contributed by atoms with Crippen molar-refractivity contribution in [2.45, 2.75) is 46.8 Å².